The highest BCUT2D eigenvalue weighted by molar-refractivity contribution is 5.80. The third kappa shape index (κ3) is 6.43. The Kier molecular flexibility index (Phi) is 7.65. The Bertz CT molecular complexity index is 724. The summed E-state index contributed by atoms with van der Waals surface area (Å²) in [5.41, 5.74) is 2.73. The molecular weight excluding hydrogens is 389 g/mol. The average Bonchev–Trinajstić information content (AvgIpc) is 3.06. The summed E-state index contributed by atoms with van der Waals surface area (Å²) >= 11 is 0. The Hall–Kier alpha value is -2.13. The molecular formula is C20H27F3N2O4. The SMILES string of the molecule is Cc1ccccc1CN1CC[C@H]2C[C@@H](C(=O)N(C)C)O[C@H]2C1.O=C(O)C(F)(F)F. The molecule has 0 bridgehead atoms. The molecule has 0 radical (unpaired) electrons. The van der Waals surface area contributed by atoms with E-state index in [2.05, 4.69) is 36.1 Å². The van der Waals surface area contributed by atoms with Crippen LogP contribution in [0.4, 0.5) is 13.2 Å². The fourth-order valence-corrected chi connectivity index (χ4v) is 3.61. The summed E-state index contributed by atoms with van der Waals surface area (Å²) in [6.45, 7) is 5.18. The largest absolute Gasteiger partial charge is 0.490 e. The zero-order chi connectivity index (χ0) is 21.8. The molecule has 0 aromatic heterocycles. The molecule has 3 rings (SSSR count). The number of nitrogens with zero attached hydrogens (tertiary/aromatic N) is 2. The molecule has 2 heterocycles. The third-order valence-electron chi connectivity index (χ3n) is 5.25. The molecule has 0 spiro atoms. The molecule has 6 nitrogen and oxygen atoms in total. The zero-order valence-electron chi connectivity index (χ0n) is 16.8. The summed E-state index contributed by atoms with van der Waals surface area (Å²) in [6.07, 6.45) is -3.08. The van der Waals surface area contributed by atoms with Crippen molar-refractivity contribution in [3.05, 3.63) is 35.4 Å². The molecule has 1 N–H and O–H groups in total. The van der Waals surface area contributed by atoms with Crippen LogP contribution >= 0.6 is 0 Å². The number of carboxylic acids is 1. The van der Waals surface area contributed by atoms with E-state index in [0.717, 1.165) is 32.5 Å². The second kappa shape index (κ2) is 9.58. The highest BCUT2D eigenvalue weighted by Gasteiger charge is 2.42. The highest BCUT2D eigenvalue weighted by atomic mass is 19.4. The Morgan fingerprint density at radius 2 is 1.90 bits per heavy atom. The number of piperidine rings is 1. The predicted octanol–water partition coefficient (Wildman–Crippen LogP) is 2.70. The van der Waals surface area contributed by atoms with Gasteiger partial charge in [0.25, 0.3) is 5.91 Å². The van der Waals surface area contributed by atoms with Crippen LogP contribution in [0.3, 0.4) is 0 Å². The molecule has 0 saturated carbocycles. The number of carboxylic acid groups (broad SMARTS) is 1. The van der Waals surface area contributed by atoms with Crippen molar-refractivity contribution in [3.63, 3.8) is 0 Å². The Morgan fingerprint density at radius 1 is 1.28 bits per heavy atom. The molecule has 1 aromatic rings. The normalized spacial score (nSPS) is 24.3. The molecule has 1 amide bonds. The van der Waals surface area contributed by atoms with Crippen molar-refractivity contribution in [3.8, 4) is 0 Å². The van der Waals surface area contributed by atoms with Gasteiger partial charge >= 0.3 is 12.1 Å². The van der Waals surface area contributed by atoms with Crippen molar-refractivity contribution < 1.29 is 32.6 Å². The number of rotatable bonds is 3. The van der Waals surface area contributed by atoms with E-state index in [1.807, 2.05) is 0 Å². The van der Waals surface area contributed by atoms with E-state index in [1.54, 1.807) is 19.0 Å². The van der Waals surface area contributed by atoms with E-state index in [1.165, 1.54) is 11.1 Å². The average molecular weight is 416 g/mol. The summed E-state index contributed by atoms with van der Waals surface area (Å²) in [6, 6.07) is 8.56. The van der Waals surface area contributed by atoms with Gasteiger partial charge in [0, 0.05) is 27.2 Å². The molecule has 2 aliphatic rings. The van der Waals surface area contributed by atoms with Gasteiger partial charge in [-0.2, -0.15) is 13.2 Å². The van der Waals surface area contributed by atoms with E-state index in [0.29, 0.717) is 5.92 Å². The van der Waals surface area contributed by atoms with Gasteiger partial charge in [-0.3, -0.25) is 9.69 Å². The highest BCUT2D eigenvalue weighted by Crippen LogP contribution is 2.34. The first kappa shape index (κ1) is 23.2. The summed E-state index contributed by atoms with van der Waals surface area (Å²) in [5, 5.41) is 7.12. The number of benzene rings is 1. The van der Waals surface area contributed by atoms with E-state index < -0.39 is 12.1 Å². The van der Waals surface area contributed by atoms with Crippen molar-refractivity contribution in [2.24, 2.45) is 5.92 Å². The molecule has 9 heteroatoms. The number of aliphatic carboxylic acids is 1. The van der Waals surface area contributed by atoms with Gasteiger partial charge in [-0.15, -0.1) is 0 Å². The maximum atomic E-state index is 12.1. The number of alkyl halides is 3. The Morgan fingerprint density at radius 3 is 2.45 bits per heavy atom. The van der Waals surface area contributed by atoms with Crippen LogP contribution in [0, 0.1) is 12.8 Å². The van der Waals surface area contributed by atoms with Gasteiger partial charge < -0.3 is 14.7 Å². The number of fused-ring (bicyclic) bond motifs is 1. The predicted molar refractivity (Wildman–Crippen MR) is 100 cm³/mol. The monoisotopic (exact) mass is 416 g/mol. The number of amides is 1. The fourth-order valence-electron chi connectivity index (χ4n) is 3.61. The van der Waals surface area contributed by atoms with E-state index in [9.17, 15) is 18.0 Å². The zero-order valence-corrected chi connectivity index (χ0v) is 16.8. The minimum absolute atomic E-state index is 0.111. The number of aryl methyl sites for hydroxylation is 1. The maximum Gasteiger partial charge on any atom is 0.490 e. The van der Waals surface area contributed by atoms with Gasteiger partial charge in [-0.05, 0) is 43.4 Å². The molecule has 2 fully saturated rings. The van der Waals surface area contributed by atoms with Crippen LogP contribution in [-0.2, 0) is 20.9 Å². The van der Waals surface area contributed by atoms with Crippen LogP contribution in [0.5, 0.6) is 0 Å². The van der Waals surface area contributed by atoms with Crippen LogP contribution in [0.25, 0.3) is 0 Å². The first-order chi connectivity index (χ1) is 13.5. The quantitative estimate of drug-likeness (QED) is 0.821. The smallest absolute Gasteiger partial charge is 0.475 e. The Balaban J connectivity index is 0.000000370. The Labute approximate surface area is 168 Å². The number of likely N-dealkylation sites (N-methyl/N-ethyl adjacent to an activating group) is 1. The fraction of sp³-hybridized carbons (Fsp3) is 0.600. The van der Waals surface area contributed by atoms with Gasteiger partial charge in [0.2, 0.25) is 0 Å². The van der Waals surface area contributed by atoms with Crippen molar-refractivity contribution in [2.45, 2.75) is 44.7 Å². The first-order valence-corrected chi connectivity index (χ1v) is 9.42. The first-order valence-electron chi connectivity index (χ1n) is 9.42. The summed E-state index contributed by atoms with van der Waals surface area (Å²) in [4.78, 5) is 25.1. The third-order valence-corrected chi connectivity index (χ3v) is 5.25. The van der Waals surface area contributed by atoms with Gasteiger partial charge in [-0.1, -0.05) is 24.3 Å². The minimum atomic E-state index is -5.08. The molecule has 162 valence electrons. The molecule has 0 aliphatic carbocycles. The number of hydrogen-bond donors (Lipinski definition) is 1. The molecule has 29 heavy (non-hydrogen) atoms. The van der Waals surface area contributed by atoms with Crippen LogP contribution in [0.1, 0.15) is 24.0 Å². The number of carbonyl (C=O) groups excluding carboxylic acids is 1. The molecule has 3 atom stereocenters. The standard InChI is InChI=1S/C18H26N2O2.C2HF3O2/c1-13-6-4-5-7-15(13)11-20-9-8-14-10-16(18(21)19(2)3)22-17(14)12-20;3-2(4,5)1(6)7/h4-7,14,16-17H,8-12H2,1-3H3;(H,6,7)/t14-,16-,17-;/m0./s1. The van der Waals surface area contributed by atoms with Gasteiger partial charge in [0.05, 0.1) is 6.10 Å². The van der Waals surface area contributed by atoms with Gasteiger partial charge in [0.1, 0.15) is 6.10 Å². The second-order valence-electron chi connectivity index (χ2n) is 7.64. The molecule has 0 unspecified atom stereocenters. The molecule has 2 aliphatic heterocycles. The summed E-state index contributed by atoms with van der Waals surface area (Å²) < 4.78 is 37.8. The number of ether oxygens (including phenoxy) is 1. The molecule has 1 aromatic carbocycles. The van der Waals surface area contributed by atoms with Crippen LogP contribution in [0.15, 0.2) is 24.3 Å². The van der Waals surface area contributed by atoms with Crippen molar-refractivity contribution in [1.82, 2.24) is 9.80 Å². The number of hydrogen-bond acceptors (Lipinski definition) is 4. The van der Waals surface area contributed by atoms with Crippen molar-refractivity contribution in [2.75, 3.05) is 27.2 Å². The van der Waals surface area contributed by atoms with Crippen LogP contribution in [-0.4, -0.2) is 72.4 Å². The van der Waals surface area contributed by atoms with Gasteiger partial charge in [0.15, 0.2) is 0 Å². The topological polar surface area (TPSA) is 70.1 Å². The lowest BCUT2D eigenvalue weighted by Gasteiger charge is -2.34. The summed E-state index contributed by atoms with van der Waals surface area (Å²) in [7, 11) is 3.61. The number of likely N-dealkylation sites (tertiary alicyclic amines) is 1. The second-order valence-corrected chi connectivity index (χ2v) is 7.64. The number of halogens is 3. The van der Waals surface area contributed by atoms with E-state index in [-0.39, 0.29) is 18.1 Å². The lowest BCUT2D eigenvalue weighted by molar-refractivity contribution is -0.192. The maximum absolute atomic E-state index is 12.1. The molecule has 2 saturated heterocycles. The van der Waals surface area contributed by atoms with E-state index in [4.69, 9.17) is 14.6 Å². The van der Waals surface area contributed by atoms with Crippen LogP contribution in [0.2, 0.25) is 0 Å². The lowest BCUT2D eigenvalue weighted by atomic mass is 9.91. The van der Waals surface area contributed by atoms with Crippen molar-refractivity contribution >= 4 is 11.9 Å². The lowest BCUT2D eigenvalue weighted by Crippen LogP contribution is -2.42. The summed E-state index contributed by atoms with van der Waals surface area (Å²) in [5.74, 6) is -2.10. The number of carbonyl (C=O) groups is 2. The van der Waals surface area contributed by atoms with Gasteiger partial charge in [-0.25, -0.2) is 4.79 Å². The van der Waals surface area contributed by atoms with E-state index >= 15 is 0 Å². The van der Waals surface area contributed by atoms with Crippen molar-refractivity contribution in [1.29, 1.82) is 0 Å². The van der Waals surface area contributed by atoms with Crippen LogP contribution < -0.4 is 0 Å². The minimum Gasteiger partial charge on any atom is -0.475 e.